The molecule has 0 aromatic rings. The van der Waals surface area contributed by atoms with E-state index in [9.17, 15) is 14.4 Å². The molecule has 2 atom stereocenters. The lowest BCUT2D eigenvalue weighted by Gasteiger charge is -2.35. The van der Waals surface area contributed by atoms with Crippen molar-refractivity contribution in [3.8, 4) is 0 Å². The van der Waals surface area contributed by atoms with E-state index in [4.69, 9.17) is 9.84 Å². The molecule has 1 aliphatic heterocycles. The maximum atomic E-state index is 11.9. The third-order valence-corrected chi connectivity index (χ3v) is 3.00. The van der Waals surface area contributed by atoms with E-state index in [2.05, 4.69) is 5.32 Å². The number of hydrogen-bond acceptors (Lipinski definition) is 4. The molecule has 1 heterocycles. The fraction of sp³-hybridized carbons (Fsp3) is 0.769. The van der Waals surface area contributed by atoms with Gasteiger partial charge in [0, 0.05) is 25.9 Å². The van der Waals surface area contributed by atoms with Gasteiger partial charge in [-0.25, -0.2) is 4.79 Å². The lowest BCUT2D eigenvalue weighted by atomic mass is 10.2. The molecule has 20 heavy (non-hydrogen) atoms. The summed E-state index contributed by atoms with van der Waals surface area (Å²) >= 11 is 0. The highest BCUT2D eigenvalue weighted by Crippen LogP contribution is 2.10. The molecule has 1 aliphatic rings. The normalized spacial score (nSPS) is 22.4. The van der Waals surface area contributed by atoms with E-state index in [1.165, 1.54) is 0 Å². The molecule has 114 valence electrons. The van der Waals surface area contributed by atoms with E-state index < -0.39 is 12.0 Å². The van der Waals surface area contributed by atoms with E-state index in [1.807, 2.05) is 13.8 Å². The van der Waals surface area contributed by atoms with Gasteiger partial charge in [0.15, 0.2) is 0 Å². The molecule has 2 N–H and O–H groups in total. The molecular weight excluding hydrogens is 264 g/mol. The van der Waals surface area contributed by atoms with Gasteiger partial charge in [-0.2, -0.15) is 0 Å². The van der Waals surface area contributed by atoms with Crippen LogP contribution in [0.15, 0.2) is 0 Å². The van der Waals surface area contributed by atoms with Crippen LogP contribution < -0.4 is 5.32 Å². The zero-order valence-electron chi connectivity index (χ0n) is 11.9. The van der Waals surface area contributed by atoms with Gasteiger partial charge in [-0.3, -0.25) is 14.9 Å². The summed E-state index contributed by atoms with van der Waals surface area (Å²) in [6.07, 6.45) is 1.00. The Bertz CT molecular complexity index is 362. The minimum Gasteiger partial charge on any atom is -0.481 e. The van der Waals surface area contributed by atoms with E-state index in [0.29, 0.717) is 25.9 Å². The minimum absolute atomic E-state index is 0.0414. The molecule has 1 fully saturated rings. The topological polar surface area (TPSA) is 95.9 Å². The van der Waals surface area contributed by atoms with Gasteiger partial charge in [0.05, 0.1) is 12.2 Å². The van der Waals surface area contributed by atoms with Crippen molar-refractivity contribution in [2.45, 2.75) is 51.7 Å². The van der Waals surface area contributed by atoms with Crippen LogP contribution in [0.2, 0.25) is 0 Å². The van der Waals surface area contributed by atoms with Gasteiger partial charge >= 0.3 is 12.0 Å². The van der Waals surface area contributed by atoms with Crippen LogP contribution in [0.25, 0.3) is 0 Å². The number of morpholine rings is 1. The van der Waals surface area contributed by atoms with Crippen molar-refractivity contribution in [3.05, 3.63) is 0 Å². The molecule has 0 aromatic carbocycles. The van der Waals surface area contributed by atoms with Crippen LogP contribution in [0.5, 0.6) is 0 Å². The van der Waals surface area contributed by atoms with Gasteiger partial charge in [-0.05, 0) is 26.7 Å². The Morgan fingerprint density at radius 1 is 1.15 bits per heavy atom. The Morgan fingerprint density at radius 2 is 1.70 bits per heavy atom. The molecule has 0 bridgehead atoms. The molecule has 3 amide bonds. The molecule has 0 aromatic heterocycles. The summed E-state index contributed by atoms with van der Waals surface area (Å²) in [4.78, 5) is 35.3. The number of rotatable bonds is 5. The van der Waals surface area contributed by atoms with Crippen LogP contribution in [0, 0.1) is 0 Å². The SMILES string of the molecule is C[C@@H]1CN(C(=O)NC(=O)CCCCC(=O)O)C[C@H](C)O1. The summed E-state index contributed by atoms with van der Waals surface area (Å²) in [5.41, 5.74) is 0. The zero-order valence-corrected chi connectivity index (χ0v) is 11.9. The molecule has 1 rings (SSSR count). The van der Waals surface area contributed by atoms with E-state index in [-0.39, 0.29) is 31.0 Å². The number of aliphatic carboxylic acids is 1. The number of nitrogens with one attached hydrogen (secondary N) is 1. The van der Waals surface area contributed by atoms with Crippen LogP contribution in [0.3, 0.4) is 0 Å². The third-order valence-electron chi connectivity index (χ3n) is 3.00. The summed E-state index contributed by atoms with van der Waals surface area (Å²) < 4.78 is 5.51. The minimum atomic E-state index is -0.877. The summed E-state index contributed by atoms with van der Waals surface area (Å²) in [6.45, 7) is 4.68. The number of unbranched alkanes of at least 4 members (excludes halogenated alkanes) is 1. The van der Waals surface area contributed by atoms with Crippen molar-refractivity contribution in [1.82, 2.24) is 10.2 Å². The molecule has 0 aliphatic carbocycles. The number of urea groups is 1. The number of amides is 3. The second-order valence-corrected chi connectivity index (χ2v) is 5.12. The molecule has 0 radical (unpaired) electrons. The van der Waals surface area contributed by atoms with Crippen LogP contribution >= 0.6 is 0 Å². The van der Waals surface area contributed by atoms with E-state index in [1.54, 1.807) is 4.90 Å². The molecule has 1 saturated heterocycles. The van der Waals surface area contributed by atoms with Gasteiger partial charge in [0.1, 0.15) is 0 Å². The van der Waals surface area contributed by atoms with Crippen LogP contribution in [0.1, 0.15) is 39.5 Å². The van der Waals surface area contributed by atoms with Gasteiger partial charge < -0.3 is 14.7 Å². The van der Waals surface area contributed by atoms with Gasteiger partial charge in [-0.15, -0.1) is 0 Å². The van der Waals surface area contributed by atoms with Crippen LogP contribution in [-0.2, 0) is 14.3 Å². The standard InChI is InChI=1S/C13H22N2O5/c1-9-7-15(8-10(2)20-9)13(19)14-11(16)5-3-4-6-12(17)18/h9-10H,3-8H2,1-2H3,(H,17,18)(H,14,16,19)/t9-,10+. The highest BCUT2D eigenvalue weighted by atomic mass is 16.5. The Labute approximate surface area is 118 Å². The molecule has 7 heteroatoms. The molecule has 0 saturated carbocycles. The van der Waals surface area contributed by atoms with E-state index in [0.717, 1.165) is 0 Å². The van der Waals surface area contributed by atoms with Gasteiger partial charge in [0.25, 0.3) is 0 Å². The van der Waals surface area contributed by atoms with E-state index >= 15 is 0 Å². The first-order valence-corrected chi connectivity index (χ1v) is 6.84. The Hall–Kier alpha value is -1.63. The van der Waals surface area contributed by atoms with Crippen molar-refractivity contribution >= 4 is 17.9 Å². The number of carbonyl (C=O) groups excluding carboxylic acids is 2. The third kappa shape index (κ3) is 6.01. The van der Waals surface area contributed by atoms with Crippen LogP contribution in [0.4, 0.5) is 4.79 Å². The van der Waals surface area contributed by atoms with Gasteiger partial charge in [-0.1, -0.05) is 0 Å². The van der Waals surface area contributed by atoms with Crippen molar-refractivity contribution in [1.29, 1.82) is 0 Å². The second-order valence-electron chi connectivity index (χ2n) is 5.12. The number of nitrogens with zero attached hydrogens (tertiary/aromatic N) is 1. The Balaban J connectivity index is 2.27. The monoisotopic (exact) mass is 286 g/mol. The quantitative estimate of drug-likeness (QED) is 0.734. The average molecular weight is 286 g/mol. The second kappa shape index (κ2) is 7.84. The first-order valence-electron chi connectivity index (χ1n) is 6.84. The maximum Gasteiger partial charge on any atom is 0.324 e. The largest absolute Gasteiger partial charge is 0.481 e. The summed E-state index contributed by atoms with van der Waals surface area (Å²) in [5, 5.41) is 10.8. The number of hydrogen-bond donors (Lipinski definition) is 2. The molecule has 0 spiro atoms. The first kappa shape index (κ1) is 16.4. The molecular formula is C13H22N2O5. The first-order chi connectivity index (χ1) is 9.38. The number of carbonyl (C=O) groups is 3. The number of carboxylic acids is 1. The Kier molecular flexibility index (Phi) is 6.44. The average Bonchev–Trinajstić information content (AvgIpc) is 2.33. The van der Waals surface area contributed by atoms with Crippen LogP contribution in [-0.4, -0.2) is 53.2 Å². The molecule has 0 unspecified atom stereocenters. The maximum absolute atomic E-state index is 11.9. The summed E-state index contributed by atoms with van der Waals surface area (Å²) in [5.74, 6) is -1.25. The van der Waals surface area contributed by atoms with Crippen molar-refractivity contribution < 1.29 is 24.2 Å². The summed E-state index contributed by atoms with van der Waals surface area (Å²) in [7, 11) is 0. The van der Waals surface area contributed by atoms with Crippen molar-refractivity contribution in [3.63, 3.8) is 0 Å². The van der Waals surface area contributed by atoms with Crippen molar-refractivity contribution in [2.75, 3.05) is 13.1 Å². The zero-order chi connectivity index (χ0) is 15.1. The predicted molar refractivity (Wildman–Crippen MR) is 71.2 cm³/mol. The predicted octanol–water partition coefficient (Wildman–Crippen LogP) is 0.977. The highest BCUT2D eigenvalue weighted by Gasteiger charge is 2.26. The number of ether oxygens (including phenoxy) is 1. The lowest BCUT2D eigenvalue weighted by Crippen LogP contribution is -2.52. The smallest absolute Gasteiger partial charge is 0.324 e. The fourth-order valence-electron chi connectivity index (χ4n) is 2.17. The number of carboxylic acid groups (broad SMARTS) is 1. The number of imide groups is 1. The summed E-state index contributed by atoms with van der Waals surface area (Å²) in [6, 6.07) is -0.407. The van der Waals surface area contributed by atoms with Gasteiger partial charge in [0.2, 0.25) is 5.91 Å². The van der Waals surface area contributed by atoms with Crippen molar-refractivity contribution in [2.24, 2.45) is 0 Å². The highest BCUT2D eigenvalue weighted by molar-refractivity contribution is 5.94. The molecule has 7 nitrogen and oxygen atoms in total. The Morgan fingerprint density at radius 3 is 2.25 bits per heavy atom. The fourth-order valence-corrected chi connectivity index (χ4v) is 2.17. The lowest BCUT2D eigenvalue weighted by molar-refractivity contribution is -0.137.